The maximum absolute atomic E-state index is 13.6. The van der Waals surface area contributed by atoms with Crippen LogP contribution in [0.1, 0.15) is 24.2 Å². The fourth-order valence-corrected chi connectivity index (χ4v) is 4.75. The number of halogens is 1. The van der Waals surface area contributed by atoms with Crippen molar-refractivity contribution in [2.45, 2.75) is 13.8 Å². The van der Waals surface area contributed by atoms with E-state index in [4.69, 9.17) is 30.8 Å². The Balaban J connectivity index is 1.73. The van der Waals surface area contributed by atoms with Gasteiger partial charge in [-0.25, -0.2) is 4.98 Å². The molecule has 3 aromatic rings. The Morgan fingerprint density at radius 3 is 2.68 bits per heavy atom. The number of likely N-dealkylation sites (N-methyl/N-ethyl adjacent to an activating group) is 1. The Bertz CT molecular complexity index is 1100. The smallest absolute Gasteiger partial charge is 0.260 e. The van der Waals surface area contributed by atoms with Crippen LogP contribution in [0.4, 0.5) is 5.13 Å². The number of ether oxygens (including phenoxy) is 3. The van der Waals surface area contributed by atoms with Crippen LogP contribution in [0, 0.1) is 0 Å². The first-order chi connectivity index (χ1) is 15.0. The van der Waals surface area contributed by atoms with Crippen molar-refractivity contribution in [3.63, 3.8) is 0 Å². The number of aromatic nitrogens is 1. The van der Waals surface area contributed by atoms with Crippen molar-refractivity contribution < 1.29 is 19.0 Å². The zero-order valence-electron chi connectivity index (χ0n) is 17.7. The van der Waals surface area contributed by atoms with Crippen molar-refractivity contribution in [2.75, 3.05) is 45.0 Å². The lowest BCUT2D eigenvalue weighted by molar-refractivity contribution is 0.0983. The molecule has 0 saturated heterocycles. The molecule has 0 bridgehead atoms. The maximum Gasteiger partial charge on any atom is 0.260 e. The molecule has 9 heteroatoms. The zero-order valence-corrected chi connectivity index (χ0v) is 19.3. The highest BCUT2D eigenvalue weighted by Gasteiger charge is 2.25. The molecular formula is C22H24ClN3O4S. The van der Waals surface area contributed by atoms with E-state index in [0.717, 1.165) is 24.3 Å². The van der Waals surface area contributed by atoms with Gasteiger partial charge in [0.05, 0.1) is 16.8 Å². The predicted molar refractivity (Wildman–Crippen MR) is 123 cm³/mol. The molecule has 2 heterocycles. The van der Waals surface area contributed by atoms with Gasteiger partial charge in [-0.05, 0) is 43.4 Å². The van der Waals surface area contributed by atoms with Crippen molar-refractivity contribution in [3.05, 3.63) is 40.9 Å². The van der Waals surface area contributed by atoms with Gasteiger partial charge in [0.25, 0.3) is 5.91 Å². The molecule has 0 N–H and O–H groups in total. The molecule has 0 aliphatic carbocycles. The lowest BCUT2D eigenvalue weighted by Crippen LogP contribution is -2.38. The average Bonchev–Trinajstić information content (AvgIpc) is 3.44. The summed E-state index contributed by atoms with van der Waals surface area (Å²) in [6.45, 7) is 7.41. The molecule has 1 aromatic heterocycles. The summed E-state index contributed by atoms with van der Waals surface area (Å²) in [5, 5.41) is 1.16. The van der Waals surface area contributed by atoms with Gasteiger partial charge < -0.3 is 19.1 Å². The largest absolute Gasteiger partial charge is 0.494 e. The number of methoxy groups -OCH3 is 1. The number of anilines is 1. The highest BCUT2D eigenvalue weighted by molar-refractivity contribution is 7.23. The van der Waals surface area contributed by atoms with Crippen molar-refractivity contribution in [1.29, 1.82) is 0 Å². The lowest BCUT2D eigenvalue weighted by atomic mass is 10.1. The monoisotopic (exact) mass is 461 g/mol. The van der Waals surface area contributed by atoms with E-state index in [-0.39, 0.29) is 12.7 Å². The number of rotatable bonds is 8. The van der Waals surface area contributed by atoms with E-state index >= 15 is 0 Å². The first-order valence-electron chi connectivity index (χ1n) is 10.1. The molecule has 1 aliphatic heterocycles. The summed E-state index contributed by atoms with van der Waals surface area (Å²) in [6, 6.07) is 8.80. The van der Waals surface area contributed by atoms with Gasteiger partial charge in [-0.3, -0.25) is 9.69 Å². The molecular weight excluding hydrogens is 438 g/mol. The average molecular weight is 462 g/mol. The Morgan fingerprint density at radius 2 is 1.94 bits per heavy atom. The van der Waals surface area contributed by atoms with Crippen molar-refractivity contribution in [1.82, 2.24) is 9.88 Å². The molecule has 0 saturated carbocycles. The summed E-state index contributed by atoms with van der Waals surface area (Å²) in [5.41, 5.74) is 1.17. The predicted octanol–water partition coefficient (Wildman–Crippen LogP) is 4.68. The molecule has 0 fully saturated rings. The van der Waals surface area contributed by atoms with Crippen LogP contribution in [0.5, 0.6) is 17.2 Å². The minimum atomic E-state index is -0.153. The highest BCUT2D eigenvalue weighted by Crippen LogP contribution is 2.39. The fourth-order valence-electron chi connectivity index (χ4n) is 3.47. The van der Waals surface area contributed by atoms with E-state index in [2.05, 4.69) is 18.7 Å². The number of fused-ring (bicyclic) bond motifs is 2. The normalized spacial score (nSPS) is 12.5. The molecule has 2 aromatic carbocycles. The number of amides is 1. The SMILES string of the molecule is CCN(CC)CCN(C(=O)c1ccc2c(c1)OCO2)c1nc2c(OC)ccc(Cl)c2s1. The minimum Gasteiger partial charge on any atom is -0.494 e. The Hall–Kier alpha value is -2.55. The van der Waals surface area contributed by atoms with Gasteiger partial charge in [0.15, 0.2) is 16.6 Å². The van der Waals surface area contributed by atoms with E-state index in [1.165, 1.54) is 11.3 Å². The van der Waals surface area contributed by atoms with Crippen LogP contribution < -0.4 is 19.1 Å². The molecule has 0 unspecified atom stereocenters. The Morgan fingerprint density at radius 1 is 1.16 bits per heavy atom. The second-order valence-electron chi connectivity index (χ2n) is 6.98. The summed E-state index contributed by atoms with van der Waals surface area (Å²) < 4.78 is 17.1. The van der Waals surface area contributed by atoms with Crippen LogP contribution in [0.15, 0.2) is 30.3 Å². The van der Waals surface area contributed by atoms with Crippen LogP contribution in [0.3, 0.4) is 0 Å². The first-order valence-corrected chi connectivity index (χ1v) is 11.3. The van der Waals surface area contributed by atoms with Crippen LogP contribution >= 0.6 is 22.9 Å². The molecule has 0 atom stereocenters. The van der Waals surface area contributed by atoms with Gasteiger partial charge >= 0.3 is 0 Å². The molecule has 7 nitrogen and oxygen atoms in total. The number of benzene rings is 2. The third-order valence-electron chi connectivity index (χ3n) is 5.30. The number of nitrogens with zero attached hydrogens (tertiary/aromatic N) is 3. The van der Waals surface area contributed by atoms with Gasteiger partial charge in [0, 0.05) is 18.7 Å². The molecule has 1 aliphatic rings. The van der Waals surface area contributed by atoms with Crippen molar-refractivity contribution in [2.24, 2.45) is 0 Å². The van der Waals surface area contributed by atoms with Gasteiger partial charge in [-0.1, -0.05) is 36.8 Å². The quantitative estimate of drug-likeness (QED) is 0.485. The molecule has 4 rings (SSSR count). The Labute approximate surface area is 190 Å². The van der Waals surface area contributed by atoms with Crippen LogP contribution in [-0.4, -0.2) is 55.9 Å². The lowest BCUT2D eigenvalue weighted by Gasteiger charge is -2.24. The third-order valence-corrected chi connectivity index (χ3v) is 6.84. The number of carbonyl (C=O) groups excluding carboxylic acids is 1. The van der Waals surface area contributed by atoms with Crippen LogP contribution in [0.2, 0.25) is 5.02 Å². The highest BCUT2D eigenvalue weighted by atomic mass is 35.5. The van der Waals surface area contributed by atoms with Gasteiger partial charge in [0.2, 0.25) is 6.79 Å². The summed E-state index contributed by atoms with van der Waals surface area (Å²) in [7, 11) is 1.59. The van der Waals surface area contributed by atoms with Gasteiger partial charge in [0.1, 0.15) is 11.3 Å². The number of thiazole rings is 1. The molecule has 1 amide bonds. The zero-order chi connectivity index (χ0) is 22.0. The topological polar surface area (TPSA) is 64.1 Å². The molecule has 31 heavy (non-hydrogen) atoms. The number of carbonyl (C=O) groups is 1. The third kappa shape index (κ3) is 4.28. The van der Waals surface area contributed by atoms with Crippen LogP contribution in [-0.2, 0) is 0 Å². The second-order valence-corrected chi connectivity index (χ2v) is 8.36. The van der Waals surface area contributed by atoms with Crippen molar-refractivity contribution >= 4 is 44.2 Å². The summed E-state index contributed by atoms with van der Waals surface area (Å²) in [4.78, 5) is 22.3. The molecule has 164 valence electrons. The summed E-state index contributed by atoms with van der Waals surface area (Å²) >= 11 is 7.79. The fraction of sp³-hybridized carbons (Fsp3) is 0.364. The maximum atomic E-state index is 13.6. The second kappa shape index (κ2) is 9.30. The van der Waals surface area contributed by atoms with E-state index in [1.54, 1.807) is 42.3 Å². The first kappa shape index (κ1) is 21.7. The van der Waals surface area contributed by atoms with Gasteiger partial charge in [-0.15, -0.1) is 0 Å². The van der Waals surface area contributed by atoms with E-state index < -0.39 is 0 Å². The van der Waals surface area contributed by atoms with Crippen molar-refractivity contribution in [3.8, 4) is 17.2 Å². The van der Waals surface area contributed by atoms with E-state index in [1.807, 2.05) is 0 Å². The minimum absolute atomic E-state index is 0.153. The molecule has 0 spiro atoms. The van der Waals surface area contributed by atoms with Gasteiger partial charge in [-0.2, -0.15) is 0 Å². The molecule has 0 radical (unpaired) electrons. The summed E-state index contributed by atoms with van der Waals surface area (Å²) in [5.74, 6) is 1.69. The number of hydrogen-bond donors (Lipinski definition) is 0. The standard InChI is InChI=1S/C22H24ClN3O4S/c1-4-25(5-2)10-11-26(21(27)14-6-8-16-18(12-14)30-13-29-16)22-24-19-17(28-3)9-7-15(23)20(19)31-22/h6-9,12H,4-5,10-11,13H2,1-3H3. The van der Waals surface area contributed by atoms with E-state index in [9.17, 15) is 4.79 Å². The Kier molecular flexibility index (Phi) is 6.50. The van der Waals surface area contributed by atoms with Crippen LogP contribution in [0.25, 0.3) is 10.2 Å². The summed E-state index contributed by atoms with van der Waals surface area (Å²) in [6.07, 6.45) is 0. The number of hydrogen-bond acceptors (Lipinski definition) is 7. The van der Waals surface area contributed by atoms with E-state index in [0.29, 0.717) is 45.0 Å².